The van der Waals surface area contributed by atoms with Gasteiger partial charge in [-0.3, -0.25) is 4.79 Å². The molecule has 0 radical (unpaired) electrons. The van der Waals surface area contributed by atoms with E-state index >= 15 is 0 Å². The fourth-order valence-corrected chi connectivity index (χ4v) is 5.26. The molecular formula is C28H40ClNO4S2Si. The maximum Gasteiger partial charge on any atom is 0.247 e. The van der Waals surface area contributed by atoms with Gasteiger partial charge >= 0.3 is 0 Å². The van der Waals surface area contributed by atoms with Crippen LogP contribution in [0.15, 0.2) is 59.0 Å². The summed E-state index contributed by atoms with van der Waals surface area (Å²) in [5, 5.41) is 3.65. The molecule has 5 nitrogen and oxygen atoms in total. The third-order valence-electron chi connectivity index (χ3n) is 6.58. The summed E-state index contributed by atoms with van der Waals surface area (Å²) in [5.41, 5.74) is 2.81. The van der Waals surface area contributed by atoms with Crippen molar-refractivity contribution in [2.45, 2.75) is 68.8 Å². The van der Waals surface area contributed by atoms with Crippen molar-refractivity contribution in [2.24, 2.45) is 0 Å². The first-order chi connectivity index (χ1) is 16.8. The van der Waals surface area contributed by atoms with Crippen molar-refractivity contribution in [2.75, 3.05) is 19.4 Å². The molecule has 0 aliphatic carbocycles. The van der Waals surface area contributed by atoms with Gasteiger partial charge in [0.05, 0.1) is 4.90 Å². The molecule has 0 aliphatic heterocycles. The average Bonchev–Trinajstić information content (AvgIpc) is 2.76. The van der Waals surface area contributed by atoms with E-state index in [0.717, 1.165) is 11.1 Å². The van der Waals surface area contributed by atoms with E-state index in [1.54, 1.807) is 36.4 Å². The van der Waals surface area contributed by atoms with Crippen LogP contribution >= 0.6 is 24.2 Å². The fraction of sp³-hybridized carbons (Fsp3) is 0.464. The van der Waals surface area contributed by atoms with Crippen LogP contribution in [0.1, 0.15) is 52.2 Å². The molecule has 0 heterocycles. The second-order valence-electron chi connectivity index (χ2n) is 11.5. The van der Waals surface area contributed by atoms with Crippen molar-refractivity contribution in [3.05, 3.63) is 70.3 Å². The lowest BCUT2D eigenvalue weighted by Gasteiger charge is -2.36. The van der Waals surface area contributed by atoms with Crippen molar-refractivity contribution in [1.29, 1.82) is 0 Å². The molecule has 37 heavy (non-hydrogen) atoms. The number of carbonyl (C=O) groups excluding carboxylic acids is 1. The minimum atomic E-state index is -3.36. The zero-order valence-corrected chi connectivity index (χ0v) is 26.6. The van der Waals surface area contributed by atoms with Crippen LogP contribution in [0.4, 0.5) is 0 Å². The normalized spacial score (nSPS) is 13.8. The number of amides is 1. The molecule has 0 atom stereocenters. The van der Waals surface area contributed by atoms with Gasteiger partial charge in [-0.1, -0.05) is 56.6 Å². The molecule has 1 N–H and O–H groups in total. The Kier molecular flexibility index (Phi) is 10.3. The predicted molar refractivity (Wildman–Crippen MR) is 161 cm³/mol. The number of carbonyl (C=O) groups is 1. The Balaban J connectivity index is 2.66. The first kappa shape index (κ1) is 31.6. The molecule has 0 saturated heterocycles. The highest BCUT2D eigenvalue weighted by atomic mass is 35.5. The molecule has 0 bridgehead atoms. The number of thiol groups is 1. The van der Waals surface area contributed by atoms with E-state index in [-0.39, 0.29) is 15.8 Å². The van der Waals surface area contributed by atoms with E-state index in [1.165, 1.54) is 6.26 Å². The van der Waals surface area contributed by atoms with Gasteiger partial charge in [0.2, 0.25) is 5.91 Å². The molecular weight excluding hydrogens is 542 g/mol. The van der Waals surface area contributed by atoms with E-state index in [9.17, 15) is 13.2 Å². The molecule has 9 heteroatoms. The highest BCUT2D eigenvalue weighted by Crippen LogP contribution is 2.37. The van der Waals surface area contributed by atoms with Gasteiger partial charge < -0.3 is 9.74 Å². The van der Waals surface area contributed by atoms with Crippen LogP contribution in [0.25, 0.3) is 5.57 Å². The number of hydrogen-bond acceptors (Lipinski definition) is 5. The summed E-state index contributed by atoms with van der Waals surface area (Å²) in [5.74, 6) is -0.210. The Hall–Kier alpha value is -1.58. The number of sulfone groups is 1. The molecule has 0 fully saturated rings. The number of halogens is 1. The lowest BCUT2D eigenvalue weighted by atomic mass is 9.91. The monoisotopic (exact) mass is 581 g/mol. The standard InChI is InChI=1S/C28H40ClNO4S2Si/c1-27(2,3)37(7,8)34-18-17-24(26(31)30-19-28(4,5)35)25(20-9-13-22(29)14-10-20)21-11-15-23(16-12-21)36(6,32)33/h9-16,35H,17-19H2,1-8H3,(H,30,31). The molecule has 0 spiro atoms. The molecule has 0 unspecified atom stereocenters. The van der Waals surface area contributed by atoms with Gasteiger partial charge in [0.15, 0.2) is 18.2 Å². The molecule has 2 rings (SSSR count). The first-order valence-electron chi connectivity index (χ1n) is 12.3. The lowest BCUT2D eigenvalue weighted by molar-refractivity contribution is -0.117. The van der Waals surface area contributed by atoms with Gasteiger partial charge in [0, 0.05) is 41.2 Å². The van der Waals surface area contributed by atoms with Gasteiger partial charge in [-0.25, -0.2) is 8.42 Å². The van der Waals surface area contributed by atoms with E-state index in [4.69, 9.17) is 16.0 Å². The third-order valence-corrected chi connectivity index (χ3v) is 12.7. The number of hydrogen-bond donors (Lipinski definition) is 2. The molecule has 2 aromatic carbocycles. The SMILES string of the molecule is CC(C)(S)CNC(=O)C(CCO[Si](C)(C)C(C)(C)C)=C(c1ccc(Cl)cc1)c1ccc(S(C)(=O)=O)cc1. The van der Waals surface area contributed by atoms with Gasteiger partial charge in [-0.05, 0) is 72.9 Å². The van der Waals surface area contributed by atoms with Crippen LogP contribution in [-0.2, 0) is 19.1 Å². The summed E-state index contributed by atoms with van der Waals surface area (Å²) in [6.07, 6.45) is 1.56. The Bertz CT molecular complexity index is 1220. The van der Waals surface area contributed by atoms with Crippen molar-refractivity contribution >= 4 is 53.9 Å². The third kappa shape index (κ3) is 9.28. The van der Waals surface area contributed by atoms with E-state index in [2.05, 4.69) is 51.8 Å². The molecule has 0 aliphatic rings. The van der Waals surface area contributed by atoms with Crippen molar-refractivity contribution < 1.29 is 17.6 Å². The Morgan fingerprint density at radius 1 is 0.973 bits per heavy atom. The highest BCUT2D eigenvalue weighted by molar-refractivity contribution is 7.90. The Morgan fingerprint density at radius 3 is 1.89 bits per heavy atom. The topological polar surface area (TPSA) is 72.5 Å². The lowest BCUT2D eigenvalue weighted by Crippen LogP contribution is -2.41. The second kappa shape index (κ2) is 12.1. The molecule has 0 aromatic heterocycles. The molecule has 1 amide bonds. The Morgan fingerprint density at radius 2 is 1.46 bits per heavy atom. The highest BCUT2D eigenvalue weighted by Gasteiger charge is 2.37. The van der Waals surface area contributed by atoms with Crippen molar-refractivity contribution in [3.8, 4) is 0 Å². The van der Waals surface area contributed by atoms with Crippen LogP contribution in [-0.4, -0.2) is 46.8 Å². The maximum atomic E-state index is 13.7. The second-order valence-corrected chi connectivity index (χ2v) is 20.0. The summed E-state index contributed by atoms with van der Waals surface area (Å²) in [4.78, 5) is 13.9. The summed E-state index contributed by atoms with van der Waals surface area (Å²) in [6, 6.07) is 13.9. The van der Waals surface area contributed by atoms with Gasteiger partial charge in [-0.15, -0.1) is 0 Å². The van der Waals surface area contributed by atoms with E-state index in [0.29, 0.717) is 35.7 Å². The summed E-state index contributed by atoms with van der Waals surface area (Å²) in [7, 11) is -5.39. The zero-order valence-electron chi connectivity index (χ0n) is 23.1. The number of nitrogens with one attached hydrogen (secondary N) is 1. The predicted octanol–water partition coefficient (Wildman–Crippen LogP) is 6.78. The van der Waals surface area contributed by atoms with Crippen LogP contribution in [0.2, 0.25) is 23.2 Å². The smallest absolute Gasteiger partial charge is 0.247 e. The molecule has 2 aromatic rings. The summed E-state index contributed by atoms with van der Waals surface area (Å²) in [6.45, 7) is 15.5. The van der Waals surface area contributed by atoms with Crippen LogP contribution in [0, 0.1) is 0 Å². The van der Waals surface area contributed by atoms with E-state index < -0.39 is 22.9 Å². The van der Waals surface area contributed by atoms with Gasteiger partial charge in [0.25, 0.3) is 0 Å². The Labute approximate surface area is 234 Å². The summed E-state index contributed by atoms with van der Waals surface area (Å²) >= 11 is 10.7. The van der Waals surface area contributed by atoms with Crippen LogP contribution in [0.5, 0.6) is 0 Å². The quantitative estimate of drug-likeness (QED) is 0.184. The maximum absolute atomic E-state index is 13.7. The summed E-state index contributed by atoms with van der Waals surface area (Å²) < 4.78 is 30.1. The van der Waals surface area contributed by atoms with Crippen LogP contribution in [0.3, 0.4) is 0 Å². The van der Waals surface area contributed by atoms with Gasteiger partial charge in [-0.2, -0.15) is 12.6 Å². The number of rotatable bonds is 10. The zero-order chi connectivity index (χ0) is 28.2. The minimum Gasteiger partial charge on any atom is -0.416 e. The van der Waals surface area contributed by atoms with Gasteiger partial charge in [0.1, 0.15) is 0 Å². The average molecular weight is 582 g/mol. The van der Waals surface area contributed by atoms with Crippen molar-refractivity contribution in [1.82, 2.24) is 5.32 Å². The number of benzene rings is 2. The largest absolute Gasteiger partial charge is 0.416 e. The minimum absolute atomic E-state index is 0.0374. The van der Waals surface area contributed by atoms with Crippen molar-refractivity contribution in [3.63, 3.8) is 0 Å². The molecule has 204 valence electrons. The van der Waals surface area contributed by atoms with Crippen LogP contribution < -0.4 is 5.32 Å². The van der Waals surface area contributed by atoms with E-state index in [1.807, 2.05) is 26.0 Å². The first-order valence-corrected chi connectivity index (χ1v) is 17.9. The molecule has 0 saturated carbocycles. The fourth-order valence-electron chi connectivity index (χ4n) is 3.38.